The predicted molar refractivity (Wildman–Crippen MR) is 57.9 cm³/mol. The molecule has 1 amide bonds. The van der Waals surface area contributed by atoms with Crippen LogP contribution in [0.4, 0.5) is 0 Å². The molecule has 82 valence electrons. The van der Waals surface area contributed by atoms with E-state index in [4.69, 9.17) is 5.73 Å². The van der Waals surface area contributed by atoms with Gasteiger partial charge in [0.25, 0.3) is 0 Å². The fourth-order valence-electron chi connectivity index (χ4n) is 1.86. The first kappa shape index (κ1) is 11.5. The third kappa shape index (κ3) is 2.27. The van der Waals surface area contributed by atoms with Gasteiger partial charge in [0.1, 0.15) is 0 Å². The number of nitrogens with zero attached hydrogens (tertiary/aromatic N) is 1. The summed E-state index contributed by atoms with van der Waals surface area (Å²) in [7, 11) is 0. The fourth-order valence-corrected chi connectivity index (χ4v) is 1.86. The smallest absolute Gasteiger partial charge is 0.242 e. The van der Waals surface area contributed by atoms with Crippen LogP contribution in [0.15, 0.2) is 0 Å². The number of hydrogen-bond donors (Lipinski definition) is 1. The van der Waals surface area contributed by atoms with Crippen LogP contribution >= 0.6 is 0 Å². The molecule has 1 heterocycles. The Labute approximate surface area is 86.6 Å². The van der Waals surface area contributed by atoms with Gasteiger partial charge in [-0.3, -0.25) is 4.79 Å². The van der Waals surface area contributed by atoms with Crippen LogP contribution in [0, 0.1) is 5.92 Å². The van der Waals surface area contributed by atoms with Crippen molar-refractivity contribution < 1.29 is 4.79 Å². The summed E-state index contributed by atoms with van der Waals surface area (Å²) < 4.78 is 0. The zero-order valence-corrected chi connectivity index (χ0v) is 9.55. The normalized spacial score (nSPS) is 26.3. The molecule has 1 fully saturated rings. The van der Waals surface area contributed by atoms with Gasteiger partial charge in [0.15, 0.2) is 0 Å². The zero-order chi connectivity index (χ0) is 10.8. The molecule has 1 aliphatic rings. The van der Waals surface area contributed by atoms with E-state index in [-0.39, 0.29) is 5.91 Å². The second kappa shape index (κ2) is 4.30. The second-order valence-corrected chi connectivity index (χ2v) is 4.59. The first-order valence-electron chi connectivity index (χ1n) is 5.59. The minimum absolute atomic E-state index is 0.121. The van der Waals surface area contributed by atoms with Gasteiger partial charge < -0.3 is 10.6 Å². The maximum absolute atomic E-state index is 12.0. The first-order valence-corrected chi connectivity index (χ1v) is 5.59. The number of rotatable bonds is 3. The third-order valence-electron chi connectivity index (χ3n) is 3.37. The average molecular weight is 198 g/mol. The van der Waals surface area contributed by atoms with Crippen LogP contribution in [0.3, 0.4) is 0 Å². The van der Waals surface area contributed by atoms with Gasteiger partial charge in [0, 0.05) is 13.1 Å². The SMILES string of the molecule is CCC1CCN(C(=O)C(C)(N)CC)C1. The van der Waals surface area contributed by atoms with Crippen molar-refractivity contribution in [1.29, 1.82) is 0 Å². The average Bonchev–Trinajstić information content (AvgIpc) is 2.64. The highest BCUT2D eigenvalue weighted by atomic mass is 16.2. The second-order valence-electron chi connectivity index (χ2n) is 4.59. The van der Waals surface area contributed by atoms with E-state index in [0.29, 0.717) is 12.3 Å². The molecule has 0 aromatic heterocycles. The lowest BCUT2D eigenvalue weighted by molar-refractivity contribution is -0.135. The maximum atomic E-state index is 12.0. The fraction of sp³-hybridized carbons (Fsp3) is 0.909. The van der Waals surface area contributed by atoms with Crippen molar-refractivity contribution in [2.24, 2.45) is 11.7 Å². The predicted octanol–water partition coefficient (Wildman–Crippen LogP) is 1.37. The minimum Gasteiger partial charge on any atom is -0.341 e. The largest absolute Gasteiger partial charge is 0.341 e. The van der Waals surface area contributed by atoms with Gasteiger partial charge in [-0.1, -0.05) is 20.3 Å². The van der Waals surface area contributed by atoms with Crippen molar-refractivity contribution in [3.05, 3.63) is 0 Å². The standard InChI is InChI=1S/C11H22N2O/c1-4-9-6-7-13(8-9)10(14)11(3,12)5-2/h9H,4-8,12H2,1-3H3. The molecule has 0 aromatic rings. The molecule has 2 N–H and O–H groups in total. The summed E-state index contributed by atoms with van der Waals surface area (Å²) in [5.41, 5.74) is 5.27. The van der Waals surface area contributed by atoms with Gasteiger partial charge >= 0.3 is 0 Å². The molecule has 0 saturated carbocycles. The summed E-state index contributed by atoms with van der Waals surface area (Å²) in [6.07, 6.45) is 3.01. The molecule has 14 heavy (non-hydrogen) atoms. The highest BCUT2D eigenvalue weighted by Crippen LogP contribution is 2.22. The number of amides is 1. The topological polar surface area (TPSA) is 46.3 Å². The van der Waals surface area contributed by atoms with E-state index in [1.165, 1.54) is 0 Å². The Bertz CT molecular complexity index is 213. The molecule has 2 unspecified atom stereocenters. The van der Waals surface area contributed by atoms with Gasteiger partial charge in [-0.05, 0) is 25.7 Å². The summed E-state index contributed by atoms with van der Waals surface area (Å²) in [6.45, 7) is 7.77. The van der Waals surface area contributed by atoms with E-state index in [0.717, 1.165) is 25.9 Å². The lowest BCUT2D eigenvalue weighted by Crippen LogP contribution is -2.52. The Hall–Kier alpha value is -0.570. The maximum Gasteiger partial charge on any atom is 0.242 e. The molecule has 0 bridgehead atoms. The van der Waals surface area contributed by atoms with Crippen molar-refractivity contribution in [3.8, 4) is 0 Å². The Morgan fingerprint density at radius 2 is 2.21 bits per heavy atom. The van der Waals surface area contributed by atoms with Gasteiger partial charge in [-0.2, -0.15) is 0 Å². The number of nitrogens with two attached hydrogens (primary N) is 1. The summed E-state index contributed by atoms with van der Waals surface area (Å²) in [6, 6.07) is 0. The van der Waals surface area contributed by atoms with E-state index in [1.807, 2.05) is 18.7 Å². The number of carbonyl (C=O) groups excluding carboxylic acids is 1. The summed E-state index contributed by atoms with van der Waals surface area (Å²) in [5, 5.41) is 0. The van der Waals surface area contributed by atoms with E-state index in [2.05, 4.69) is 6.92 Å². The number of carbonyl (C=O) groups is 1. The third-order valence-corrected chi connectivity index (χ3v) is 3.37. The quantitative estimate of drug-likeness (QED) is 0.744. The molecule has 0 spiro atoms. The summed E-state index contributed by atoms with van der Waals surface area (Å²) in [4.78, 5) is 13.9. The van der Waals surface area contributed by atoms with Crippen molar-refractivity contribution >= 4 is 5.91 Å². The summed E-state index contributed by atoms with van der Waals surface area (Å²) in [5.74, 6) is 0.808. The Morgan fingerprint density at radius 1 is 1.57 bits per heavy atom. The number of likely N-dealkylation sites (tertiary alicyclic amines) is 1. The lowest BCUT2D eigenvalue weighted by Gasteiger charge is -2.28. The zero-order valence-electron chi connectivity index (χ0n) is 9.55. The molecule has 0 aromatic carbocycles. The molecular weight excluding hydrogens is 176 g/mol. The van der Waals surface area contributed by atoms with Gasteiger partial charge in [0.05, 0.1) is 5.54 Å². The van der Waals surface area contributed by atoms with Crippen LogP contribution in [0.25, 0.3) is 0 Å². The van der Waals surface area contributed by atoms with Gasteiger partial charge in [-0.15, -0.1) is 0 Å². The van der Waals surface area contributed by atoms with Crippen LogP contribution in [-0.2, 0) is 4.79 Å². The lowest BCUT2D eigenvalue weighted by atomic mass is 9.99. The van der Waals surface area contributed by atoms with Crippen LogP contribution in [0.2, 0.25) is 0 Å². The number of hydrogen-bond acceptors (Lipinski definition) is 2. The minimum atomic E-state index is -0.664. The van der Waals surface area contributed by atoms with E-state index < -0.39 is 5.54 Å². The monoisotopic (exact) mass is 198 g/mol. The van der Waals surface area contributed by atoms with E-state index >= 15 is 0 Å². The van der Waals surface area contributed by atoms with E-state index in [1.54, 1.807) is 0 Å². The molecule has 1 aliphatic heterocycles. The first-order chi connectivity index (χ1) is 6.51. The molecule has 3 heteroatoms. The molecule has 0 aliphatic carbocycles. The van der Waals surface area contributed by atoms with Crippen LogP contribution in [0.5, 0.6) is 0 Å². The molecule has 0 radical (unpaired) electrons. The highest BCUT2D eigenvalue weighted by Gasteiger charge is 2.34. The highest BCUT2D eigenvalue weighted by molar-refractivity contribution is 5.85. The Morgan fingerprint density at radius 3 is 2.64 bits per heavy atom. The Balaban J connectivity index is 2.55. The molecule has 2 atom stereocenters. The summed E-state index contributed by atoms with van der Waals surface area (Å²) >= 11 is 0. The van der Waals surface area contributed by atoms with Crippen molar-refractivity contribution in [1.82, 2.24) is 4.90 Å². The van der Waals surface area contributed by atoms with Crippen LogP contribution in [0.1, 0.15) is 40.0 Å². The van der Waals surface area contributed by atoms with Crippen molar-refractivity contribution in [3.63, 3.8) is 0 Å². The molecular formula is C11H22N2O. The Kier molecular flexibility index (Phi) is 3.53. The molecule has 1 rings (SSSR count). The molecule has 1 saturated heterocycles. The van der Waals surface area contributed by atoms with Crippen molar-refractivity contribution in [2.75, 3.05) is 13.1 Å². The molecule has 3 nitrogen and oxygen atoms in total. The van der Waals surface area contributed by atoms with Gasteiger partial charge in [-0.25, -0.2) is 0 Å². The van der Waals surface area contributed by atoms with Gasteiger partial charge in [0.2, 0.25) is 5.91 Å². The van der Waals surface area contributed by atoms with Crippen LogP contribution < -0.4 is 5.73 Å². The van der Waals surface area contributed by atoms with Crippen LogP contribution in [-0.4, -0.2) is 29.4 Å². The van der Waals surface area contributed by atoms with Crippen molar-refractivity contribution in [2.45, 2.75) is 45.6 Å². The van der Waals surface area contributed by atoms with E-state index in [9.17, 15) is 4.79 Å².